The molecule has 1 aliphatic carbocycles. The Bertz CT molecular complexity index is 133. The number of carbonyl (C=O) groups is 1. The Balaban J connectivity index is 2.18. The van der Waals surface area contributed by atoms with Crippen LogP contribution < -0.4 is 17.0 Å². The van der Waals surface area contributed by atoms with Crippen molar-refractivity contribution in [2.45, 2.75) is 25.3 Å². The number of carbonyl (C=O) groups excluding carboxylic acids is 1. The predicted molar refractivity (Wildman–Crippen MR) is 37.6 cm³/mol. The van der Waals surface area contributed by atoms with E-state index in [1.807, 2.05) is 5.43 Å². The topological polar surface area (TPSA) is 81.1 Å². The van der Waals surface area contributed by atoms with Crippen molar-refractivity contribution in [1.29, 1.82) is 0 Å². The molecule has 1 saturated carbocycles. The average Bonchev–Trinajstić information content (AvgIpc) is 2.70. The van der Waals surface area contributed by atoms with Gasteiger partial charge in [0.25, 0.3) is 5.91 Å². The Morgan fingerprint density at radius 2 is 2.30 bits per heavy atom. The van der Waals surface area contributed by atoms with Crippen LogP contribution in [0, 0.1) is 5.92 Å². The monoisotopic (exact) mass is 143 g/mol. The van der Waals surface area contributed by atoms with Crippen LogP contribution in [0.5, 0.6) is 0 Å². The van der Waals surface area contributed by atoms with Crippen LogP contribution in [-0.2, 0) is 4.79 Å². The molecule has 1 amide bonds. The Morgan fingerprint density at radius 3 is 2.70 bits per heavy atom. The van der Waals surface area contributed by atoms with Gasteiger partial charge in [0.2, 0.25) is 0 Å². The minimum Gasteiger partial charge on any atom is -0.320 e. The summed E-state index contributed by atoms with van der Waals surface area (Å²) >= 11 is 0. The van der Waals surface area contributed by atoms with Gasteiger partial charge in [-0.15, -0.1) is 0 Å². The molecule has 4 nitrogen and oxygen atoms in total. The van der Waals surface area contributed by atoms with E-state index in [2.05, 4.69) is 0 Å². The molecule has 0 aromatic heterocycles. The molecule has 0 aromatic rings. The summed E-state index contributed by atoms with van der Waals surface area (Å²) in [6, 6.07) is -0.405. The average molecular weight is 143 g/mol. The zero-order valence-electron chi connectivity index (χ0n) is 5.84. The van der Waals surface area contributed by atoms with Gasteiger partial charge < -0.3 is 5.73 Å². The lowest BCUT2D eigenvalue weighted by molar-refractivity contribution is -0.122. The van der Waals surface area contributed by atoms with Crippen molar-refractivity contribution in [2.24, 2.45) is 17.5 Å². The van der Waals surface area contributed by atoms with Crippen molar-refractivity contribution >= 4 is 5.91 Å². The summed E-state index contributed by atoms with van der Waals surface area (Å²) in [6.07, 6.45) is 3.21. The maximum absolute atomic E-state index is 10.7. The van der Waals surface area contributed by atoms with Crippen molar-refractivity contribution in [2.75, 3.05) is 0 Å². The van der Waals surface area contributed by atoms with Crippen LogP contribution in [0.4, 0.5) is 0 Å². The zero-order valence-corrected chi connectivity index (χ0v) is 5.84. The number of rotatable bonds is 3. The summed E-state index contributed by atoms with van der Waals surface area (Å²) in [5, 5.41) is 0. The number of hydrazine groups is 1. The first-order valence-corrected chi connectivity index (χ1v) is 3.50. The van der Waals surface area contributed by atoms with E-state index >= 15 is 0 Å². The lowest BCUT2D eigenvalue weighted by atomic mass is 10.1. The highest BCUT2D eigenvalue weighted by atomic mass is 16.2. The van der Waals surface area contributed by atoms with Gasteiger partial charge in [0.15, 0.2) is 0 Å². The molecule has 0 aromatic carbocycles. The quantitative estimate of drug-likeness (QED) is 0.272. The number of amides is 1. The van der Waals surface area contributed by atoms with E-state index in [0.717, 1.165) is 6.42 Å². The summed E-state index contributed by atoms with van der Waals surface area (Å²) in [5.74, 6) is 5.31. The van der Waals surface area contributed by atoms with Crippen LogP contribution >= 0.6 is 0 Å². The van der Waals surface area contributed by atoms with Gasteiger partial charge in [-0.25, -0.2) is 5.84 Å². The van der Waals surface area contributed by atoms with E-state index in [4.69, 9.17) is 11.6 Å². The van der Waals surface area contributed by atoms with Gasteiger partial charge in [0, 0.05) is 0 Å². The highest BCUT2D eigenvalue weighted by molar-refractivity contribution is 5.80. The lowest BCUT2D eigenvalue weighted by Gasteiger charge is -2.07. The first-order chi connectivity index (χ1) is 4.74. The Labute approximate surface area is 59.9 Å². The van der Waals surface area contributed by atoms with Crippen LogP contribution in [0.15, 0.2) is 0 Å². The Morgan fingerprint density at radius 1 is 1.70 bits per heavy atom. The van der Waals surface area contributed by atoms with Crippen LogP contribution in [0.1, 0.15) is 19.3 Å². The normalized spacial score (nSPS) is 20.2. The zero-order chi connectivity index (χ0) is 7.56. The second-order valence-corrected chi connectivity index (χ2v) is 2.79. The van der Waals surface area contributed by atoms with E-state index < -0.39 is 6.04 Å². The number of nitrogens with two attached hydrogens (primary N) is 2. The molecule has 1 rings (SSSR count). The van der Waals surface area contributed by atoms with Crippen molar-refractivity contribution in [3.05, 3.63) is 0 Å². The highest BCUT2D eigenvalue weighted by Gasteiger charge is 2.26. The molecule has 1 aliphatic rings. The van der Waals surface area contributed by atoms with E-state index in [-0.39, 0.29) is 5.91 Å². The van der Waals surface area contributed by atoms with Crippen LogP contribution in [0.2, 0.25) is 0 Å². The summed E-state index contributed by atoms with van der Waals surface area (Å²) < 4.78 is 0. The molecule has 0 saturated heterocycles. The standard InChI is InChI=1S/C6H13N3O/c7-5(6(10)9-8)3-4-1-2-4/h4-5H,1-3,7-8H2,(H,9,10). The van der Waals surface area contributed by atoms with Gasteiger partial charge in [-0.1, -0.05) is 12.8 Å². The number of nitrogens with one attached hydrogen (secondary N) is 1. The fraction of sp³-hybridized carbons (Fsp3) is 0.833. The van der Waals surface area contributed by atoms with Gasteiger partial charge >= 0.3 is 0 Å². The molecule has 10 heavy (non-hydrogen) atoms. The molecule has 1 fully saturated rings. The van der Waals surface area contributed by atoms with Crippen molar-refractivity contribution in [3.8, 4) is 0 Å². The molecule has 0 radical (unpaired) electrons. The maximum Gasteiger partial charge on any atom is 0.250 e. The number of hydrogen-bond acceptors (Lipinski definition) is 3. The molecule has 0 spiro atoms. The SMILES string of the molecule is NNC(=O)C(N)CC1CC1. The fourth-order valence-electron chi connectivity index (χ4n) is 0.927. The van der Waals surface area contributed by atoms with Gasteiger partial charge in [-0.2, -0.15) is 0 Å². The minimum absolute atomic E-state index is 0.258. The summed E-state index contributed by atoms with van der Waals surface area (Å²) in [4.78, 5) is 10.7. The smallest absolute Gasteiger partial charge is 0.250 e. The van der Waals surface area contributed by atoms with Gasteiger partial charge in [-0.05, 0) is 12.3 Å². The van der Waals surface area contributed by atoms with Crippen LogP contribution in [0.25, 0.3) is 0 Å². The molecule has 58 valence electrons. The van der Waals surface area contributed by atoms with E-state index in [1.165, 1.54) is 12.8 Å². The largest absolute Gasteiger partial charge is 0.320 e. The predicted octanol–water partition coefficient (Wildman–Crippen LogP) is -0.896. The third kappa shape index (κ3) is 1.97. The number of hydrogen-bond donors (Lipinski definition) is 3. The van der Waals surface area contributed by atoms with Crippen molar-refractivity contribution in [3.63, 3.8) is 0 Å². The van der Waals surface area contributed by atoms with E-state index in [9.17, 15) is 4.79 Å². The second-order valence-electron chi connectivity index (χ2n) is 2.79. The molecule has 4 heteroatoms. The molecule has 1 atom stereocenters. The minimum atomic E-state index is -0.405. The van der Waals surface area contributed by atoms with Gasteiger partial charge in [0.05, 0.1) is 6.04 Å². The third-order valence-electron chi connectivity index (χ3n) is 1.76. The van der Waals surface area contributed by atoms with Crippen molar-refractivity contribution in [1.82, 2.24) is 5.43 Å². The van der Waals surface area contributed by atoms with Crippen LogP contribution in [0.3, 0.4) is 0 Å². The molecular weight excluding hydrogens is 130 g/mol. The molecule has 0 heterocycles. The highest BCUT2D eigenvalue weighted by Crippen LogP contribution is 2.32. The molecular formula is C6H13N3O. The Kier molecular flexibility index (Phi) is 2.24. The Hall–Kier alpha value is -0.610. The lowest BCUT2D eigenvalue weighted by Crippen LogP contribution is -2.44. The van der Waals surface area contributed by atoms with Gasteiger partial charge in [-0.3, -0.25) is 10.2 Å². The second kappa shape index (κ2) is 2.98. The van der Waals surface area contributed by atoms with Crippen molar-refractivity contribution < 1.29 is 4.79 Å². The van der Waals surface area contributed by atoms with Crippen LogP contribution in [-0.4, -0.2) is 11.9 Å². The maximum atomic E-state index is 10.7. The third-order valence-corrected chi connectivity index (χ3v) is 1.76. The summed E-state index contributed by atoms with van der Waals surface area (Å²) in [5.41, 5.74) is 7.51. The summed E-state index contributed by atoms with van der Waals surface area (Å²) in [7, 11) is 0. The van der Waals surface area contributed by atoms with E-state index in [1.54, 1.807) is 0 Å². The first-order valence-electron chi connectivity index (χ1n) is 3.50. The van der Waals surface area contributed by atoms with Gasteiger partial charge in [0.1, 0.15) is 0 Å². The molecule has 1 unspecified atom stereocenters. The first kappa shape index (κ1) is 7.50. The molecule has 5 N–H and O–H groups in total. The fourth-order valence-corrected chi connectivity index (χ4v) is 0.927. The molecule has 0 bridgehead atoms. The summed E-state index contributed by atoms with van der Waals surface area (Å²) in [6.45, 7) is 0. The molecule has 0 aliphatic heterocycles. The van der Waals surface area contributed by atoms with E-state index in [0.29, 0.717) is 5.92 Å².